The van der Waals surface area contributed by atoms with Crippen LogP contribution in [0, 0.1) is 11.6 Å². The van der Waals surface area contributed by atoms with Crippen molar-refractivity contribution in [2.75, 3.05) is 31.1 Å². The topological polar surface area (TPSA) is 37.4 Å². The minimum atomic E-state index is -0.571. The molecule has 0 unspecified atom stereocenters. The Morgan fingerprint density at radius 3 is 2.70 bits per heavy atom. The average molecular weight is 340 g/mol. The molecule has 3 rings (SSSR count). The highest BCUT2D eigenvalue weighted by atomic mass is 35.5. The number of halogens is 3. The Morgan fingerprint density at radius 2 is 1.96 bits per heavy atom. The van der Waals surface area contributed by atoms with E-state index in [4.69, 9.17) is 16.3 Å². The van der Waals surface area contributed by atoms with Crippen LogP contribution in [0.2, 0.25) is 5.02 Å². The first kappa shape index (κ1) is 16.0. The van der Waals surface area contributed by atoms with Crippen LogP contribution < -0.4 is 15.0 Å². The van der Waals surface area contributed by atoms with Crippen LogP contribution in [0.1, 0.15) is 5.56 Å². The molecule has 1 saturated heterocycles. The lowest BCUT2D eigenvalue weighted by Crippen LogP contribution is -2.43. The van der Waals surface area contributed by atoms with Gasteiger partial charge in [0.2, 0.25) is 0 Å². The number of ether oxygens (including phenoxy) is 1. The van der Waals surface area contributed by atoms with Crippen molar-refractivity contribution in [2.24, 2.45) is 0 Å². The Balaban J connectivity index is 1.73. The van der Waals surface area contributed by atoms with Gasteiger partial charge in [-0.15, -0.1) is 0 Å². The van der Waals surface area contributed by atoms with Gasteiger partial charge in [0, 0.05) is 42.8 Å². The molecular weight excluding hydrogens is 324 g/mol. The maximum absolute atomic E-state index is 13.9. The quantitative estimate of drug-likeness (QED) is 0.929. The van der Waals surface area contributed by atoms with E-state index < -0.39 is 11.6 Å². The molecule has 0 aliphatic carbocycles. The zero-order valence-electron chi connectivity index (χ0n) is 12.4. The zero-order valence-corrected chi connectivity index (χ0v) is 13.1. The van der Waals surface area contributed by atoms with E-state index >= 15 is 0 Å². The van der Waals surface area contributed by atoms with Gasteiger partial charge in [0.15, 0.2) is 11.6 Å². The van der Waals surface area contributed by atoms with E-state index in [-0.39, 0.29) is 12.4 Å². The number of hydrogen-bond acceptors (Lipinski definition) is 4. The second kappa shape index (κ2) is 7.10. The molecule has 23 heavy (non-hydrogen) atoms. The third-order valence-electron chi connectivity index (χ3n) is 3.65. The molecule has 2 aromatic rings. The van der Waals surface area contributed by atoms with Gasteiger partial charge in [0.05, 0.1) is 6.20 Å². The standard InChI is InChI=1S/C16H16ClF2N3O/c17-12-2-1-11(13(18)7-12)10-23-15-8-16(21-9-14(15)19)22-5-3-20-4-6-22/h1-2,7-9,20H,3-6,10H2. The second-order valence-electron chi connectivity index (χ2n) is 5.23. The molecular formula is C16H16ClF2N3O. The monoisotopic (exact) mass is 339 g/mol. The first-order valence-electron chi connectivity index (χ1n) is 7.31. The minimum Gasteiger partial charge on any atom is -0.486 e. The van der Waals surface area contributed by atoms with Gasteiger partial charge in [0.1, 0.15) is 18.2 Å². The highest BCUT2D eigenvalue weighted by molar-refractivity contribution is 6.30. The Bertz CT molecular complexity index is 693. The predicted molar refractivity (Wildman–Crippen MR) is 85.0 cm³/mol. The van der Waals surface area contributed by atoms with E-state index in [0.29, 0.717) is 16.4 Å². The summed E-state index contributed by atoms with van der Waals surface area (Å²) in [5, 5.41) is 3.55. The van der Waals surface area contributed by atoms with Crippen LogP contribution in [0.25, 0.3) is 0 Å². The SMILES string of the molecule is Fc1cc(Cl)ccc1COc1cc(N2CCNCC2)ncc1F. The fraction of sp³-hybridized carbons (Fsp3) is 0.312. The number of hydrogen-bond donors (Lipinski definition) is 1. The van der Waals surface area contributed by atoms with Gasteiger partial charge < -0.3 is 15.0 Å². The molecule has 7 heteroatoms. The molecule has 1 aliphatic rings. The second-order valence-corrected chi connectivity index (χ2v) is 5.67. The molecule has 1 N–H and O–H groups in total. The summed E-state index contributed by atoms with van der Waals surface area (Å²) in [6, 6.07) is 5.84. The number of rotatable bonds is 4. The van der Waals surface area contributed by atoms with Crippen LogP contribution >= 0.6 is 11.6 Å². The Morgan fingerprint density at radius 1 is 1.17 bits per heavy atom. The van der Waals surface area contributed by atoms with Gasteiger partial charge in [-0.1, -0.05) is 17.7 Å². The Labute approximate surface area is 138 Å². The maximum atomic E-state index is 13.9. The van der Waals surface area contributed by atoms with Crippen LogP contribution in [0.4, 0.5) is 14.6 Å². The average Bonchev–Trinajstić information content (AvgIpc) is 2.56. The summed E-state index contributed by atoms with van der Waals surface area (Å²) < 4.78 is 33.0. The summed E-state index contributed by atoms with van der Waals surface area (Å²) >= 11 is 5.71. The summed E-state index contributed by atoms with van der Waals surface area (Å²) in [6.07, 6.45) is 1.13. The number of nitrogens with zero attached hydrogens (tertiary/aromatic N) is 2. The number of piperazine rings is 1. The summed E-state index contributed by atoms with van der Waals surface area (Å²) in [7, 11) is 0. The van der Waals surface area contributed by atoms with Gasteiger partial charge in [-0.2, -0.15) is 0 Å². The largest absolute Gasteiger partial charge is 0.486 e. The van der Waals surface area contributed by atoms with Crippen molar-refractivity contribution in [2.45, 2.75) is 6.61 Å². The Kier molecular flexibility index (Phi) is 4.93. The van der Waals surface area contributed by atoms with Crippen LogP contribution in [0.15, 0.2) is 30.5 Å². The highest BCUT2D eigenvalue weighted by Crippen LogP contribution is 2.24. The normalized spacial score (nSPS) is 14.8. The Hall–Kier alpha value is -1.92. The molecule has 0 spiro atoms. The van der Waals surface area contributed by atoms with Crippen molar-refractivity contribution in [3.8, 4) is 5.75 Å². The van der Waals surface area contributed by atoms with E-state index in [1.54, 1.807) is 12.1 Å². The minimum absolute atomic E-state index is 0.0582. The van der Waals surface area contributed by atoms with Crippen LogP contribution in [0.3, 0.4) is 0 Å². The van der Waals surface area contributed by atoms with E-state index in [1.807, 2.05) is 4.90 Å². The van der Waals surface area contributed by atoms with Crippen molar-refractivity contribution in [1.29, 1.82) is 0 Å². The molecule has 122 valence electrons. The van der Waals surface area contributed by atoms with Gasteiger partial charge in [0.25, 0.3) is 0 Å². The fourth-order valence-electron chi connectivity index (χ4n) is 2.38. The third-order valence-corrected chi connectivity index (χ3v) is 3.88. The first-order chi connectivity index (χ1) is 11.1. The smallest absolute Gasteiger partial charge is 0.183 e. The van der Waals surface area contributed by atoms with Crippen LogP contribution in [0.5, 0.6) is 5.75 Å². The molecule has 4 nitrogen and oxygen atoms in total. The first-order valence-corrected chi connectivity index (χ1v) is 7.69. The lowest BCUT2D eigenvalue weighted by molar-refractivity contribution is 0.284. The van der Waals surface area contributed by atoms with Crippen molar-refractivity contribution >= 4 is 17.4 Å². The lowest BCUT2D eigenvalue weighted by Gasteiger charge is -2.28. The molecule has 1 aromatic carbocycles. The highest BCUT2D eigenvalue weighted by Gasteiger charge is 2.15. The molecule has 1 aliphatic heterocycles. The fourth-order valence-corrected chi connectivity index (χ4v) is 2.54. The molecule has 0 radical (unpaired) electrons. The van der Waals surface area contributed by atoms with Gasteiger partial charge >= 0.3 is 0 Å². The van der Waals surface area contributed by atoms with Crippen molar-refractivity contribution < 1.29 is 13.5 Å². The van der Waals surface area contributed by atoms with Gasteiger partial charge in [-0.3, -0.25) is 0 Å². The van der Waals surface area contributed by atoms with Crippen molar-refractivity contribution in [3.63, 3.8) is 0 Å². The molecule has 0 bridgehead atoms. The summed E-state index contributed by atoms with van der Waals surface area (Å²) in [6.45, 7) is 3.22. The molecule has 0 saturated carbocycles. The van der Waals surface area contributed by atoms with Gasteiger partial charge in [-0.05, 0) is 12.1 Å². The lowest BCUT2D eigenvalue weighted by atomic mass is 10.2. The summed E-state index contributed by atoms with van der Waals surface area (Å²) in [5.41, 5.74) is 0.314. The number of benzene rings is 1. The maximum Gasteiger partial charge on any atom is 0.183 e. The third kappa shape index (κ3) is 3.89. The van der Waals surface area contributed by atoms with Crippen LogP contribution in [-0.2, 0) is 6.61 Å². The van der Waals surface area contributed by atoms with E-state index in [1.165, 1.54) is 12.1 Å². The predicted octanol–water partition coefficient (Wildman–Crippen LogP) is 3.00. The number of aromatic nitrogens is 1. The molecule has 0 atom stereocenters. The van der Waals surface area contributed by atoms with Crippen molar-refractivity contribution in [3.05, 3.63) is 52.7 Å². The van der Waals surface area contributed by atoms with Crippen molar-refractivity contribution in [1.82, 2.24) is 10.3 Å². The van der Waals surface area contributed by atoms with E-state index in [0.717, 1.165) is 32.4 Å². The number of pyridine rings is 1. The number of nitrogens with one attached hydrogen (secondary N) is 1. The zero-order chi connectivity index (χ0) is 16.2. The molecule has 2 heterocycles. The summed E-state index contributed by atoms with van der Waals surface area (Å²) in [4.78, 5) is 6.15. The van der Waals surface area contributed by atoms with Crippen LogP contribution in [-0.4, -0.2) is 31.2 Å². The molecule has 1 aromatic heterocycles. The number of anilines is 1. The summed E-state index contributed by atoms with van der Waals surface area (Å²) in [5.74, 6) is -0.338. The molecule has 0 amide bonds. The van der Waals surface area contributed by atoms with E-state index in [2.05, 4.69) is 10.3 Å². The van der Waals surface area contributed by atoms with Gasteiger partial charge in [-0.25, -0.2) is 13.8 Å². The van der Waals surface area contributed by atoms with E-state index in [9.17, 15) is 8.78 Å². The molecule has 1 fully saturated rings.